The lowest BCUT2D eigenvalue weighted by Gasteiger charge is -2.24. The van der Waals surface area contributed by atoms with Crippen LogP contribution in [0.25, 0.3) is 0 Å². The lowest BCUT2D eigenvalue weighted by molar-refractivity contribution is 0.628. The SMILES string of the molecule is CCN(c1ccc(F)cc1)c1ccc(CCl)c(C)c1. The van der Waals surface area contributed by atoms with Gasteiger partial charge in [-0.05, 0) is 61.4 Å². The van der Waals surface area contributed by atoms with E-state index in [9.17, 15) is 4.39 Å². The minimum Gasteiger partial charge on any atom is -0.342 e. The van der Waals surface area contributed by atoms with Gasteiger partial charge in [0.2, 0.25) is 0 Å². The Morgan fingerprint density at radius 3 is 2.21 bits per heavy atom. The van der Waals surface area contributed by atoms with E-state index in [1.807, 2.05) is 6.07 Å². The van der Waals surface area contributed by atoms with Crippen LogP contribution < -0.4 is 4.90 Å². The molecular weight excluding hydrogens is 261 g/mol. The Balaban J connectivity index is 2.36. The van der Waals surface area contributed by atoms with Crippen molar-refractivity contribution in [1.29, 1.82) is 0 Å². The van der Waals surface area contributed by atoms with Gasteiger partial charge in [0.1, 0.15) is 5.82 Å². The number of hydrogen-bond donors (Lipinski definition) is 0. The molecule has 0 aliphatic rings. The van der Waals surface area contributed by atoms with Crippen molar-refractivity contribution in [3.05, 3.63) is 59.4 Å². The summed E-state index contributed by atoms with van der Waals surface area (Å²) in [5.41, 5.74) is 4.40. The minimum atomic E-state index is -0.214. The molecular formula is C16H17ClFN. The molecule has 2 aromatic carbocycles. The summed E-state index contributed by atoms with van der Waals surface area (Å²) in [5.74, 6) is 0.308. The van der Waals surface area contributed by atoms with Crippen molar-refractivity contribution in [1.82, 2.24) is 0 Å². The summed E-state index contributed by atoms with van der Waals surface area (Å²) in [6.07, 6.45) is 0. The van der Waals surface area contributed by atoms with Crippen LogP contribution in [0.1, 0.15) is 18.1 Å². The third kappa shape index (κ3) is 3.07. The lowest BCUT2D eigenvalue weighted by atomic mass is 10.1. The van der Waals surface area contributed by atoms with E-state index in [1.165, 1.54) is 17.7 Å². The molecule has 0 aliphatic carbocycles. The Bertz CT molecular complexity index is 551. The molecule has 2 rings (SSSR count). The molecule has 0 bridgehead atoms. The molecule has 0 radical (unpaired) electrons. The van der Waals surface area contributed by atoms with Crippen LogP contribution in [0.4, 0.5) is 15.8 Å². The molecule has 0 fully saturated rings. The van der Waals surface area contributed by atoms with Crippen LogP contribution in [0.2, 0.25) is 0 Å². The van der Waals surface area contributed by atoms with Gasteiger partial charge in [0.05, 0.1) is 0 Å². The zero-order chi connectivity index (χ0) is 13.8. The highest BCUT2D eigenvalue weighted by Gasteiger charge is 2.08. The largest absolute Gasteiger partial charge is 0.342 e. The number of alkyl halides is 1. The maximum absolute atomic E-state index is 13.0. The molecule has 0 aliphatic heterocycles. The molecule has 0 saturated heterocycles. The second kappa shape index (κ2) is 6.07. The fraction of sp³-hybridized carbons (Fsp3) is 0.250. The van der Waals surface area contributed by atoms with Crippen LogP contribution in [0.3, 0.4) is 0 Å². The predicted molar refractivity (Wildman–Crippen MR) is 79.8 cm³/mol. The predicted octanol–water partition coefficient (Wildman–Crippen LogP) is 5.03. The van der Waals surface area contributed by atoms with Gasteiger partial charge in [-0.15, -0.1) is 11.6 Å². The first-order valence-electron chi connectivity index (χ1n) is 6.34. The summed E-state index contributed by atoms with van der Waals surface area (Å²) in [6.45, 7) is 4.96. The van der Waals surface area contributed by atoms with Crippen LogP contribution in [-0.2, 0) is 5.88 Å². The molecule has 3 heteroatoms. The van der Waals surface area contributed by atoms with Crippen molar-refractivity contribution in [3.63, 3.8) is 0 Å². The Kier molecular flexibility index (Phi) is 4.43. The molecule has 0 atom stereocenters. The molecule has 2 aromatic rings. The number of rotatable bonds is 4. The Morgan fingerprint density at radius 2 is 1.68 bits per heavy atom. The molecule has 0 heterocycles. The number of anilines is 2. The van der Waals surface area contributed by atoms with Crippen molar-refractivity contribution >= 4 is 23.0 Å². The standard InChI is InChI=1S/C16H17ClFN/c1-3-19(15-8-5-14(18)6-9-15)16-7-4-13(11-17)12(2)10-16/h4-10H,3,11H2,1-2H3. The topological polar surface area (TPSA) is 3.24 Å². The number of benzene rings is 2. The third-order valence-corrected chi connectivity index (χ3v) is 3.52. The Labute approximate surface area is 118 Å². The van der Waals surface area contributed by atoms with Crippen molar-refractivity contribution in [2.24, 2.45) is 0 Å². The molecule has 0 unspecified atom stereocenters. The summed E-state index contributed by atoms with van der Waals surface area (Å²) in [4.78, 5) is 2.14. The van der Waals surface area contributed by atoms with Crippen LogP contribution in [0, 0.1) is 12.7 Å². The van der Waals surface area contributed by atoms with E-state index >= 15 is 0 Å². The molecule has 100 valence electrons. The van der Waals surface area contributed by atoms with E-state index in [0.29, 0.717) is 5.88 Å². The highest BCUT2D eigenvalue weighted by atomic mass is 35.5. The molecule has 1 nitrogen and oxygen atoms in total. The number of halogens is 2. The van der Waals surface area contributed by atoms with Gasteiger partial charge < -0.3 is 4.90 Å². The number of nitrogens with zero attached hydrogens (tertiary/aromatic N) is 1. The Hall–Kier alpha value is -1.54. The van der Waals surface area contributed by atoms with Gasteiger partial charge in [0.25, 0.3) is 0 Å². The van der Waals surface area contributed by atoms with E-state index in [1.54, 1.807) is 12.1 Å². The zero-order valence-electron chi connectivity index (χ0n) is 11.2. The average molecular weight is 278 g/mol. The molecule has 0 amide bonds. The van der Waals surface area contributed by atoms with Crippen molar-refractivity contribution in [3.8, 4) is 0 Å². The van der Waals surface area contributed by atoms with E-state index in [2.05, 4.69) is 30.9 Å². The number of aryl methyl sites for hydroxylation is 1. The summed E-state index contributed by atoms with van der Waals surface area (Å²) in [5, 5.41) is 0. The number of hydrogen-bond acceptors (Lipinski definition) is 1. The van der Waals surface area contributed by atoms with E-state index in [-0.39, 0.29) is 5.82 Å². The first-order valence-corrected chi connectivity index (χ1v) is 6.87. The normalized spacial score (nSPS) is 10.5. The second-order valence-electron chi connectivity index (χ2n) is 4.47. The molecule has 0 N–H and O–H groups in total. The highest BCUT2D eigenvalue weighted by Crippen LogP contribution is 2.27. The van der Waals surface area contributed by atoms with Crippen LogP contribution >= 0.6 is 11.6 Å². The minimum absolute atomic E-state index is 0.214. The fourth-order valence-electron chi connectivity index (χ4n) is 2.13. The average Bonchev–Trinajstić information content (AvgIpc) is 2.42. The van der Waals surface area contributed by atoms with E-state index in [0.717, 1.165) is 23.5 Å². The summed E-state index contributed by atoms with van der Waals surface area (Å²) in [7, 11) is 0. The van der Waals surface area contributed by atoms with Crippen LogP contribution in [-0.4, -0.2) is 6.54 Å². The van der Waals surface area contributed by atoms with Crippen LogP contribution in [0.5, 0.6) is 0 Å². The van der Waals surface area contributed by atoms with Gasteiger partial charge in [-0.1, -0.05) is 6.07 Å². The van der Waals surface area contributed by atoms with Gasteiger partial charge in [-0.25, -0.2) is 4.39 Å². The third-order valence-electron chi connectivity index (χ3n) is 3.24. The lowest BCUT2D eigenvalue weighted by Crippen LogP contribution is -2.16. The quantitative estimate of drug-likeness (QED) is 0.709. The summed E-state index contributed by atoms with van der Waals surface area (Å²) >= 11 is 5.88. The van der Waals surface area contributed by atoms with Crippen molar-refractivity contribution in [2.45, 2.75) is 19.7 Å². The van der Waals surface area contributed by atoms with Gasteiger partial charge >= 0.3 is 0 Å². The molecule has 0 spiro atoms. The smallest absolute Gasteiger partial charge is 0.123 e. The van der Waals surface area contributed by atoms with Crippen LogP contribution in [0.15, 0.2) is 42.5 Å². The second-order valence-corrected chi connectivity index (χ2v) is 4.73. The molecule has 0 aromatic heterocycles. The van der Waals surface area contributed by atoms with E-state index in [4.69, 9.17) is 11.6 Å². The van der Waals surface area contributed by atoms with Gasteiger partial charge in [0.15, 0.2) is 0 Å². The fourth-order valence-corrected chi connectivity index (χ4v) is 2.43. The van der Waals surface area contributed by atoms with Gasteiger partial charge in [0, 0.05) is 23.8 Å². The maximum atomic E-state index is 13.0. The summed E-state index contributed by atoms with van der Waals surface area (Å²) < 4.78 is 13.0. The maximum Gasteiger partial charge on any atom is 0.123 e. The van der Waals surface area contributed by atoms with Gasteiger partial charge in [-0.2, -0.15) is 0 Å². The molecule has 0 saturated carbocycles. The van der Waals surface area contributed by atoms with E-state index < -0.39 is 0 Å². The van der Waals surface area contributed by atoms with Crippen molar-refractivity contribution < 1.29 is 4.39 Å². The zero-order valence-corrected chi connectivity index (χ0v) is 11.9. The highest BCUT2D eigenvalue weighted by molar-refractivity contribution is 6.17. The molecule has 19 heavy (non-hydrogen) atoms. The first-order chi connectivity index (χ1) is 9.15. The first kappa shape index (κ1) is 13.9. The monoisotopic (exact) mass is 277 g/mol. The van der Waals surface area contributed by atoms with Gasteiger partial charge in [-0.3, -0.25) is 0 Å². The van der Waals surface area contributed by atoms with Crippen molar-refractivity contribution in [2.75, 3.05) is 11.4 Å². The Morgan fingerprint density at radius 1 is 1.05 bits per heavy atom. The summed E-state index contributed by atoms with van der Waals surface area (Å²) in [6, 6.07) is 12.8.